The second kappa shape index (κ2) is 6.31. The van der Waals surface area contributed by atoms with Gasteiger partial charge in [0.05, 0.1) is 6.54 Å². The lowest BCUT2D eigenvalue weighted by atomic mass is 10.1. The fraction of sp³-hybridized carbons (Fsp3) is 0.688. The molecule has 0 unspecified atom stereocenters. The van der Waals surface area contributed by atoms with Crippen LogP contribution in [0.15, 0.2) is 10.6 Å². The van der Waals surface area contributed by atoms with Crippen molar-refractivity contribution in [3.8, 4) is 0 Å². The minimum absolute atomic E-state index is 0.0264. The van der Waals surface area contributed by atoms with Crippen molar-refractivity contribution in [1.82, 2.24) is 20.3 Å². The summed E-state index contributed by atoms with van der Waals surface area (Å²) in [5.74, 6) is 1.44. The summed E-state index contributed by atoms with van der Waals surface area (Å²) in [6, 6.07) is 1.78. The number of nitrogens with one attached hydrogen (secondary N) is 1. The molecule has 2 heterocycles. The molecule has 3 rings (SSSR count). The van der Waals surface area contributed by atoms with Crippen molar-refractivity contribution in [2.24, 2.45) is 5.92 Å². The van der Waals surface area contributed by atoms with Crippen LogP contribution in [0.1, 0.15) is 41.9 Å². The molecule has 0 spiro atoms. The quantitative estimate of drug-likeness (QED) is 0.863. The topological polar surface area (TPSA) is 78.7 Å². The summed E-state index contributed by atoms with van der Waals surface area (Å²) in [5, 5.41) is 6.90. The molecule has 126 valence electrons. The summed E-state index contributed by atoms with van der Waals surface area (Å²) in [7, 11) is 3.51. The molecule has 1 N–H and O–H groups in total. The molecule has 2 amide bonds. The SMILES string of the molecule is C[C@@H]1CN(CC(=O)N(C)C)C[C@H]1NC(=O)c1cc(C2CC2)on1. The van der Waals surface area contributed by atoms with Gasteiger partial charge in [-0.3, -0.25) is 14.5 Å². The van der Waals surface area contributed by atoms with Crippen LogP contribution in [-0.2, 0) is 4.79 Å². The molecule has 23 heavy (non-hydrogen) atoms. The van der Waals surface area contributed by atoms with Crippen molar-refractivity contribution >= 4 is 11.8 Å². The first kappa shape index (κ1) is 16.0. The van der Waals surface area contributed by atoms with Crippen molar-refractivity contribution in [2.45, 2.75) is 31.7 Å². The number of likely N-dealkylation sites (N-methyl/N-ethyl adjacent to an activating group) is 1. The molecular weight excluding hydrogens is 296 g/mol. The van der Waals surface area contributed by atoms with E-state index in [2.05, 4.69) is 22.3 Å². The van der Waals surface area contributed by atoms with Crippen LogP contribution in [-0.4, -0.2) is 66.5 Å². The molecule has 7 heteroatoms. The molecule has 2 fully saturated rings. The van der Waals surface area contributed by atoms with Gasteiger partial charge in [-0.2, -0.15) is 0 Å². The van der Waals surface area contributed by atoms with Crippen LogP contribution >= 0.6 is 0 Å². The van der Waals surface area contributed by atoms with E-state index in [-0.39, 0.29) is 17.9 Å². The Labute approximate surface area is 136 Å². The largest absolute Gasteiger partial charge is 0.360 e. The lowest BCUT2D eigenvalue weighted by Crippen LogP contribution is -2.41. The Bertz CT molecular complexity index is 594. The first-order valence-corrected chi connectivity index (χ1v) is 8.14. The van der Waals surface area contributed by atoms with Crippen LogP contribution in [0.25, 0.3) is 0 Å². The Kier molecular flexibility index (Phi) is 4.39. The molecule has 2 aliphatic rings. The van der Waals surface area contributed by atoms with Gasteiger partial charge in [-0.25, -0.2) is 0 Å². The number of aromatic nitrogens is 1. The van der Waals surface area contributed by atoms with Crippen LogP contribution in [0, 0.1) is 5.92 Å². The molecule has 0 aromatic carbocycles. The van der Waals surface area contributed by atoms with Crippen LogP contribution < -0.4 is 5.32 Å². The van der Waals surface area contributed by atoms with Crippen molar-refractivity contribution in [3.05, 3.63) is 17.5 Å². The summed E-state index contributed by atoms with van der Waals surface area (Å²) < 4.78 is 5.23. The zero-order valence-corrected chi connectivity index (χ0v) is 13.9. The first-order chi connectivity index (χ1) is 10.9. The molecule has 1 aromatic rings. The third-order valence-corrected chi connectivity index (χ3v) is 4.60. The van der Waals surface area contributed by atoms with Gasteiger partial charge in [-0.1, -0.05) is 12.1 Å². The maximum absolute atomic E-state index is 12.3. The van der Waals surface area contributed by atoms with E-state index in [0.29, 0.717) is 30.6 Å². The minimum atomic E-state index is -0.196. The summed E-state index contributed by atoms with van der Waals surface area (Å²) >= 11 is 0. The van der Waals surface area contributed by atoms with Gasteiger partial charge in [-0.15, -0.1) is 0 Å². The van der Waals surface area contributed by atoms with Crippen LogP contribution in [0.3, 0.4) is 0 Å². The smallest absolute Gasteiger partial charge is 0.273 e. The predicted molar refractivity (Wildman–Crippen MR) is 84.0 cm³/mol. The number of hydrogen-bond acceptors (Lipinski definition) is 5. The standard InChI is InChI=1S/C16H24N4O3/c1-10-7-20(9-15(21)19(2)3)8-13(10)17-16(22)12-6-14(23-18-12)11-4-5-11/h6,10-11,13H,4-5,7-9H2,1-3H3,(H,17,22)/t10-,13-/m1/s1. The van der Waals surface area contributed by atoms with Gasteiger partial charge in [-0.05, 0) is 18.8 Å². The van der Waals surface area contributed by atoms with Gasteiger partial charge in [0.1, 0.15) is 5.76 Å². The molecule has 1 saturated heterocycles. The molecular formula is C16H24N4O3. The molecule has 1 aliphatic heterocycles. The highest BCUT2D eigenvalue weighted by Crippen LogP contribution is 2.40. The maximum atomic E-state index is 12.3. The van der Waals surface area contributed by atoms with Crippen molar-refractivity contribution in [2.75, 3.05) is 33.7 Å². The number of hydrogen-bond donors (Lipinski definition) is 1. The van der Waals surface area contributed by atoms with Gasteiger partial charge >= 0.3 is 0 Å². The van der Waals surface area contributed by atoms with Crippen molar-refractivity contribution < 1.29 is 14.1 Å². The lowest BCUT2D eigenvalue weighted by Gasteiger charge is -2.18. The first-order valence-electron chi connectivity index (χ1n) is 8.14. The zero-order chi connectivity index (χ0) is 16.6. The Morgan fingerprint density at radius 1 is 1.39 bits per heavy atom. The number of carbonyl (C=O) groups excluding carboxylic acids is 2. The molecule has 1 saturated carbocycles. The average Bonchev–Trinajstić information content (AvgIpc) is 3.12. The summed E-state index contributed by atoms with van der Waals surface area (Å²) in [4.78, 5) is 27.8. The van der Waals surface area contributed by atoms with Crippen LogP contribution in [0.5, 0.6) is 0 Å². The Hall–Kier alpha value is -1.89. The number of rotatable bonds is 5. The number of carbonyl (C=O) groups is 2. The second-order valence-corrected chi connectivity index (χ2v) is 6.93. The summed E-state index contributed by atoms with van der Waals surface area (Å²) in [6.45, 7) is 3.96. The number of likely N-dealkylation sites (tertiary alicyclic amines) is 1. The maximum Gasteiger partial charge on any atom is 0.273 e. The lowest BCUT2D eigenvalue weighted by molar-refractivity contribution is -0.129. The Morgan fingerprint density at radius 2 is 2.13 bits per heavy atom. The van der Waals surface area contributed by atoms with Gasteiger partial charge in [0.25, 0.3) is 5.91 Å². The fourth-order valence-corrected chi connectivity index (χ4v) is 2.92. The van der Waals surface area contributed by atoms with E-state index in [1.807, 2.05) is 0 Å². The fourth-order valence-electron chi connectivity index (χ4n) is 2.92. The van der Waals surface area contributed by atoms with Crippen LogP contribution in [0.4, 0.5) is 0 Å². The normalized spacial score (nSPS) is 24.7. The van der Waals surface area contributed by atoms with Gasteiger partial charge in [0.2, 0.25) is 5.91 Å². The van der Waals surface area contributed by atoms with Gasteiger partial charge < -0.3 is 14.7 Å². The number of amides is 2. The summed E-state index contributed by atoms with van der Waals surface area (Å²) in [5.41, 5.74) is 0.349. The molecule has 0 radical (unpaired) electrons. The highest BCUT2D eigenvalue weighted by molar-refractivity contribution is 5.92. The van der Waals surface area contributed by atoms with Crippen LogP contribution in [0.2, 0.25) is 0 Å². The highest BCUT2D eigenvalue weighted by Gasteiger charge is 2.33. The highest BCUT2D eigenvalue weighted by atomic mass is 16.5. The second-order valence-electron chi connectivity index (χ2n) is 6.93. The van der Waals surface area contributed by atoms with Gasteiger partial charge in [0, 0.05) is 45.2 Å². The van der Waals surface area contributed by atoms with E-state index in [9.17, 15) is 9.59 Å². The minimum Gasteiger partial charge on any atom is -0.360 e. The third-order valence-electron chi connectivity index (χ3n) is 4.60. The van der Waals surface area contributed by atoms with E-state index >= 15 is 0 Å². The van der Waals surface area contributed by atoms with E-state index in [0.717, 1.165) is 25.1 Å². The number of nitrogens with zero attached hydrogens (tertiary/aromatic N) is 3. The van der Waals surface area contributed by atoms with E-state index in [1.165, 1.54) is 0 Å². The Morgan fingerprint density at radius 3 is 2.78 bits per heavy atom. The molecule has 1 aromatic heterocycles. The summed E-state index contributed by atoms with van der Waals surface area (Å²) in [6.07, 6.45) is 2.23. The predicted octanol–water partition coefficient (Wildman–Crippen LogP) is 0.690. The third kappa shape index (κ3) is 3.72. The molecule has 7 nitrogen and oxygen atoms in total. The van der Waals surface area contributed by atoms with E-state index in [1.54, 1.807) is 25.1 Å². The monoisotopic (exact) mass is 320 g/mol. The van der Waals surface area contributed by atoms with Gasteiger partial charge in [0.15, 0.2) is 5.69 Å². The molecule has 1 aliphatic carbocycles. The van der Waals surface area contributed by atoms with Crippen molar-refractivity contribution in [1.29, 1.82) is 0 Å². The Balaban J connectivity index is 1.54. The average molecular weight is 320 g/mol. The van der Waals surface area contributed by atoms with E-state index < -0.39 is 0 Å². The molecule has 2 atom stereocenters. The zero-order valence-electron chi connectivity index (χ0n) is 13.9. The van der Waals surface area contributed by atoms with E-state index in [4.69, 9.17) is 4.52 Å². The van der Waals surface area contributed by atoms with Crippen molar-refractivity contribution in [3.63, 3.8) is 0 Å². The molecule has 0 bridgehead atoms.